The Morgan fingerprint density at radius 2 is 1.79 bits per heavy atom. The summed E-state index contributed by atoms with van der Waals surface area (Å²) in [6.45, 7) is 5.63. The number of hydrogen-bond donors (Lipinski definition) is 1. The smallest absolute Gasteiger partial charge is 0.333 e. The molecule has 0 fully saturated rings. The second-order valence-electron chi connectivity index (χ2n) is 8.21. The van der Waals surface area contributed by atoms with E-state index in [0.717, 1.165) is 26.9 Å². The van der Waals surface area contributed by atoms with Crippen molar-refractivity contribution in [2.45, 2.75) is 27.3 Å². The van der Waals surface area contributed by atoms with E-state index in [0.29, 0.717) is 22.7 Å². The van der Waals surface area contributed by atoms with Crippen LogP contribution in [-0.4, -0.2) is 30.2 Å². The lowest BCUT2D eigenvalue weighted by molar-refractivity contribution is -0.117. The van der Waals surface area contributed by atoms with Gasteiger partial charge in [0.25, 0.3) is 5.89 Å². The van der Waals surface area contributed by atoms with Crippen molar-refractivity contribution in [3.05, 3.63) is 88.0 Å². The van der Waals surface area contributed by atoms with E-state index in [1.165, 1.54) is 4.40 Å². The zero-order valence-electron chi connectivity index (χ0n) is 18.9. The summed E-state index contributed by atoms with van der Waals surface area (Å²) in [7, 11) is 0. The van der Waals surface area contributed by atoms with Gasteiger partial charge >= 0.3 is 5.69 Å². The summed E-state index contributed by atoms with van der Waals surface area (Å²) in [6, 6.07) is 17.0. The predicted molar refractivity (Wildman–Crippen MR) is 127 cm³/mol. The number of nitrogens with one attached hydrogen (secondary N) is 1. The van der Waals surface area contributed by atoms with Crippen LogP contribution in [0.25, 0.3) is 28.5 Å². The van der Waals surface area contributed by atoms with E-state index in [9.17, 15) is 9.59 Å². The lowest BCUT2D eigenvalue weighted by Gasteiger charge is -2.08. The maximum absolute atomic E-state index is 12.9. The zero-order chi connectivity index (χ0) is 23.8. The van der Waals surface area contributed by atoms with Gasteiger partial charge in [0.1, 0.15) is 6.54 Å². The topological polar surface area (TPSA) is 107 Å². The monoisotopic (exact) mass is 454 g/mol. The first-order valence-corrected chi connectivity index (χ1v) is 10.8. The molecule has 5 aromatic rings. The second kappa shape index (κ2) is 8.43. The third-order valence-corrected chi connectivity index (χ3v) is 5.54. The molecule has 0 aliphatic rings. The van der Waals surface area contributed by atoms with Crippen molar-refractivity contribution in [1.82, 2.24) is 24.3 Å². The molecule has 5 rings (SSSR count). The van der Waals surface area contributed by atoms with Crippen LogP contribution in [0, 0.1) is 20.8 Å². The minimum atomic E-state index is -0.439. The van der Waals surface area contributed by atoms with Crippen molar-refractivity contribution in [2.24, 2.45) is 0 Å². The fourth-order valence-electron chi connectivity index (χ4n) is 3.66. The summed E-state index contributed by atoms with van der Waals surface area (Å²) in [5, 5.41) is 11.3. The predicted octanol–water partition coefficient (Wildman–Crippen LogP) is 3.78. The number of aromatic nitrogens is 5. The first kappa shape index (κ1) is 21.3. The van der Waals surface area contributed by atoms with Gasteiger partial charge in [-0.15, -0.1) is 5.10 Å². The Morgan fingerprint density at radius 1 is 1.03 bits per heavy atom. The van der Waals surface area contributed by atoms with E-state index in [2.05, 4.69) is 20.6 Å². The SMILES string of the molecule is Cc1ccc(-c2noc(-c3cccn4c(=O)n(CC(=O)Nc5cc(C)ccc5C)nc34)n2)cc1. The van der Waals surface area contributed by atoms with Gasteiger partial charge in [-0.05, 0) is 50.1 Å². The zero-order valence-corrected chi connectivity index (χ0v) is 18.9. The maximum atomic E-state index is 12.9. The molecule has 9 nitrogen and oxygen atoms in total. The van der Waals surface area contributed by atoms with E-state index in [-0.39, 0.29) is 18.3 Å². The Labute approximate surface area is 194 Å². The molecule has 0 aliphatic carbocycles. The number of carbonyl (C=O) groups is 1. The summed E-state index contributed by atoms with van der Waals surface area (Å²) in [5.74, 6) is 0.324. The standard InChI is InChI=1S/C25H22N6O3/c1-15-7-10-18(11-8-15)22-27-24(34-29-22)19-5-4-12-30-23(19)28-31(25(30)33)14-21(32)26-20-13-16(2)6-9-17(20)3/h4-13H,14H2,1-3H3,(H,26,32). The van der Waals surface area contributed by atoms with E-state index in [1.807, 2.05) is 63.2 Å². The van der Waals surface area contributed by atoms with Crippen LogP contribution in [0.4, 0.5) is 5.69 Å². The number of nitrogens with zero attached hydrogens (tertiary/aromatic N) is 5. The molecule has 0 unspecified atom stereocenters. The highest BCUT2D eigenvalue weighted by Gasteiger charge is 2.19. The molecule has 1 amide bonds. The number of rotatable bonds is 5. The molecule has 0 saturated carbocycles. The van der Waals surface area contributed by atoms with Crippen LogP contribution >= 0.6 is 0 Å². The fourth-order valence-corrected chi connectivity index (χ4v) is 3.66. The Morgan fingerprint density at radius 3 is 2.59 bits per heavy atom. The molecular weight excluding hydrogens is 432 g/mol. The summed E-state index contributed by atoms with van der Waals surface area (Å²) >= 11 is 0. The van der Waals surface area contributed by atoms with Gasteiger partial charge in [-0.2, -0.15) is 4.98 Å². The highest BCUT2D eigenvalue weighted by molar-refractivity contribution is 5.91. The molecule has 34 heavy (non-hydrogen) atoms. The highest BCUT2D eigenvalue weighted by atomic mass is 16.5. The molecule has 0 saturated heterocycles. The van der Waals surface area contributed by atoms with Crippen molar-refractivity contribution in [2.75, 3.05) is 5.32 Å². The lowest BCUT2D eigenvalue weighted by atomic mass is 10.1. The summed E-state index contributed by atoms with van der Waals surface area (Å²) in [5.41, 5.74) is 5.00. The van der Waals surface area contributed by atoms with Gasteiger partial charge < -0.3 is 9.84 Å². The van der Waals surface area contributed by atoms with Crippen molar-refractivity contribution in [1.29, 1.82) is 0 Å². The highest BCUT2D eigenvalue weighted by Crippen LogP contribution is 2.24. The Bertz CT molecular complexity index is 1580. The Hall–Kier alpha value is -4.53. The Kier molecular flexibility index (Phi) is 5.29. The quantitative estimate of drug-likeness (QED) is 0.433. The van der Waals surface area contributed by atoms with Gasteiger partial charge in [-0.25, -0.2) is 13.9 Å². The van der Waals surface area contributed by atoms with Gasteiger partial charge in [0.2, 0.25) is 11.7 Å². The summed E-state index contributed by atoms with van der Waals surface area (Å²) in [6.07, 6.45) is 1.59. The average molecular weight is 454 g/mol. The Balaban J connectivity index is 1.45. The minimum Gasteiger partial charge on any atom is -0.333 e. The number of benzene rings is 2. The van der Waals surface area contributed by atoms with E-state index in [4.69, 9.17) is 4.52 Å². The van der Waals surface area contributed by atoms with Gasteiger partial charge in [-0.1, -0.05) is 47.1 Å². The van der Waals surface area contributed by atoms with Gasteiger partial charge in [0, 0.05) is 17.4 Å². The van der Waals surface area contributed by atoms with Gasteiger partial charge in [0.15, 0.2) is 5.65 Å². The van der Waals surface area contributed by atoms with Crippen molar-refractivity contribution >= 4 is 17.2 Å². The molecule has 3 aromatic heterocycles. The molecule has 0 spiro atoms. The number of pyridine rings is 1. The van der Waals surface area contributed by atoms with Gasteiger partial charge in [0.05, 0.1) is 5.56 Å². The molecule has 0 radical (unpaired) electrons. The number of hydrogen-bond acceptors (Lipinski definition) is 6. The van der Waals surface area contributed by atoms with Crippen LogP contribution < -0.4 is 11.0 Å². The van der Waals surface area contributed by atoms with E-state index >= 15 is 0 Å². The third-order valence-electron chi connectivity index (χ3n) is 5.54. The first-order valence-electron chi connectivity index (χ1n) is 10.8. The van der Waals surface area contributed by atoms with Crippen LogP contribution in [0.5, 0.6) is 0 Å². The van der Waals surface area contributed by atoms with Crippen molar-refractivity contribution in [3.8, 4) is 22.8 Å². The number of anilines is 1. The van der Waals surface area contributed by atoms with Crippen LogP contribution in [0.15, 0.2) is 70.1 Å². The summed E-state index contributed by atoms with van der Waals surface area (Å²) in [4.78, 5) is 30.0. The van der Waals surface area contributed by atoms with Crippen LogP contribution in [0.1, 0.15) is 16.7 Å². The molecule has 9 heteroatoms. The molecular formula is C25H22N6O3. The van der Waals surface area contributed by atoms with Crippen LogP contribution in [0.3, 0.4) is 0 Å². The number of fused-ring (bicyclic) bond motifs is 1. The maximum Gasteiger partial charge on any atom is 0.350 e. The minimum absolute atomic E-state index is 0.230. The van der Waals surface area contributed by atoms with Crippen molar-refractivity contribution in [3.63, 3.8) is 0 Å². The molecule has 0 bridgehead atoms. The summed E-state index contributed by atoms with van der Waals surface area (Å²) < 4.78 is 7.95. The number of carbonyl (C=O) groups excluding carboxylic acids is 1. The third kappa shape index (κ3) is 3.99. The van der Waals surface area contributed by atoms with E-state index in [1.54, 1.807) is 18.3 Å². The number of aryl methyl sites for hydroxylation is 3. The normalized spacial score (nSPS) is 11.1. The number of amides is 1. The molecule has 0 aliphatic heterocycles. The molecule has 1 N–H and O–H groups in total. The first-order chi connectivity index (χ1) is 16.4. The lowest BCUT2D eigenvalue weighted by Crippen LogP contribution is -2.28. The molecule has 0 atom stereocenters. The molecule has 170 valence electrons. The van der Waals surface area contributed by atoms with Crippen LogP contribution in [0.2, 0.25) is 0 Å². The van der Waals surface area contributed by atoms with Crippen molar-refractivity contribution < 1.29 is 9.32 Å². The van der Waals surface area contributed by atoms with Gasteiger partial charge in [-0.3, -0.25) is 4.79 Å². The second-order valence-corrected chi connectivity index (χ2v) is 8.21. The fraction of sp³-hybridized carbons (Fsp3) is 0.160. The molecule has 3 heterocycles. The average Bonchev–Trinajstić information content (AvgIpc) is 3.42. The van der Waals surface area contributed by atoms with E-state index < -0.39 is 5.69 Å². The largest absolute Gasteiger partial charge is 0.350 e. The molecule has 2 aromatic carbocycles. The van der Waals surface area contributed by atoms with Crippen LogP contribution in [-0.2, 0) is 11.3 Å².